The number of ether oxygens (including phenoxy) is 1. The summed E-state index contributed by atoms with van der Waals surface area (Å²) in [7, 11) is 0. The topological polar surface area (TPSA) is 59.7 Å². The fourth-order valence-electron chi connectivity index (χ4n) is 5.73. The van der Waals surface area contributed by atoms with Gasteiger partial charge in [0.1, 0.15) is 12.1 Å². The molecule has 7 rings (SSSR count). The van der Waals surface area contributed by atoms with Crippen LogP contribution in [0.2, 0.25) is 0 Å². The monoisotopic (exact) mass is 586 g/mol. The number of anilines is 1. The molecule has 212 valence electrons. The summed E-state index contributed by atoms with van der Waals surface area (Å²) in [6.07, 6.45) is -2.13. The molecule has 5 aromatic rings. The molecule has 10 heteroatoms. The second kappa shape index (κ2) is 9.90. The molecule has 2 unspecified atom stereocenters. The number of hydrogen-bond donors (Lipinski definition) is 0. The van der Waals surface area contributed by atoms with Gasteiger partial charge in [-0.1, -0.05) is 54.2 Å². The van der Waals surface area contributed by atoms with Gasteiger partial charge in [-0.2, -0.15) is 0 Å². The van der Waals surface area contributed by atoms with Crippen molar-refractivity contribution in [3.8, 4) is 11.4 Å². The molecule has 2 heterocycles. The number of benzene rings is 4. The number of amidine groups is 1. The molecule has 1 aromatic heterocycles. The molecule has 4 aromatic carbocycles. The Labute approximate surface area is 243 Å². The van der Waals surface area contributed by atoms with Gasteiger partial charge in [-0.3, -0.25) is 19.3 Å². The second-order valence-electron chi connectivity index (χ2n) is 10.6. The van der Waals surface area contributed by atoms with Gasteiger partial charge in [0, 0.05) is 17.0 Å². The largest absolute Gasteiger partial charge is 0.573 e. The van der Waals surface area contributed by atoms with Crippen LogP contribution in [0.25, 0.3) is 27.5 Å². The van der Waals surface area contributed by atoms with Gasteiger partial charge in [0.25, 0.3) is 0 Å². The van der Waals surface area contributed by atoms with E-state index in [4.69, 9.17) is 4.99 Å². The highest BCUT2D eigenvalue weighted by molar-refractivity contribution is 8.15. The van der Waals surface area contributed by atoms with Crippen molar-refractivity contribution >= 4 is 50.3 Å². The number of aromatic nitrogens is 2. The number of alkyl halides is 3. The normalized spacial score (nSPS) is 19.8. The number of carbonyl (C=O) groups is 1. The number of thioether (sulfide) groups is 1. The number of para-hydroxylation sites is 1. The van der Waals surface area contributed by atoms with Gasteiger partial charge in [-0.25, -0.2) is 4.98 Å². The van der Waals surface area contributed by atoms with E-state index < -0.39 is 6.36 Å². The van der Waals surface area contributed by atoms with E-state index in [1.54, 1.807) is 23.4 Å². The Morgan fingerprint density at radius 2 is 1.76 bits per heavy atom. The third kappa shape index (κ3) is 4.79. The van der Waals surface area contributed by atoms with Crippen LogP contribution in [0.15, 0.2) is 84.1 Å². The fourth-order valence-corrected chi connectivity index (χ4v) is 6.65. The molecule has 0 N–H and O–H groups in total. The number of halogens is 3. The lowest BCUT2D eigenvalue weighted by Crippen LogP contribution is -2.31. The quantitative estimate of drug-likeness (QED) is 0.212. The first-order valence-corrected chi connectivity index (χ1v) is 14.5. The Morgan fingerprint density at radius 1 is 1.00 bits per heavy atom. The number of hydrogen-bond acceptors (Lipinski definition) is 5. The highest BCUT2D eigenvalue weighted by Crippen LogP contribution is 2.46. The van der Waals surface area contributed by atoms with E-state index in [2.05, 4.69) is 27.9 Å². The van der Waals surface area contributed by atoms with Crippen LogP contribution in [0, 0.1) is 13.8 Å². The molecule has 0 radical (unpaired) electrons. The maximum absolute atomic E-state index is 12.8. The summed E-state index contributed by atoms with van der Waals surface area (Å²) in [6, 6.07) is 22.3. The minimum atomic E-state index is -4.73. The van der Waals surface area contributed by atoms with Gasteiger partial charge < -0.3 is 4.74 Å². The molecular weight excluding hydrogens is 561 g/mol. The average Bonchev–Trinajstić information content (AvgIpc) is 3.43. The lowest BCUT2D eigenvalue weighted by Gasteiger charge is -2.21. The van der Waals surface area contributed by atoms with Crippen LogP contribution in [0.3, 0.4) is 0 Å². The van der Waals surface area contributed by atoms with Crippen LogP contribution < -0.4 is 9.64 Å². The Kier molecular flexibility index (Phi) is 6.27. The van der Waals surface area contributed by atoms with Gasteiger partial charge >= 0.3 is 6.36 Å². The predicted molar refractivity (Wildman–Crippen MR) is 160 cm³/mol. The Bertz CT molecular complexity index is 1880. The van der Waals surface area contributed by atoms with Crippen molar-refractivity contribution in [2.45, 2.75) is 38.6 Å². The molecular formula is C32H25F3N4O2S. The molecule has 1 aliphatic heterocycles. The van der Waals surface area contributed by atoms with E-state index in [-0.39, 0.29) is 23.6 Å². The highest BCUT2D eigenvalue weighted by Gasteiger charge is 2.41. The minimum absolute atomic E-state index is 0.0630. The molecule has 1 amide bonds. The van der Waals surface area contributed by atoms with E-state index in [1.165, 1.54) is 29.5 Å². The number of nitrogens with zero attached hydrogens (tertiary/aromatic N) is 4. The highest BCUT2D eigenvalue weighted by atomic mass is 32.2. The van der Waals surface area contributed by atoms with Crippen molar-refractivity contribution < 1.29 is 22.7 Å². The van der Waals surface area contributed by atoms with Crippen molar-refractivity contribution in [2.24, 2.45) is 4.99 Å². The lowest BCUT2D eigenvalue weighted by molar-refractivity contribution is -0.274. The zero-order valence-corrected chi connectivity index (χ0v) is 23.5. The Morgan fingerprint density at radius 3 is 2.50 bits per heavy atom. The maximum Gasteiger partial charge on any atom is 0.573 e. The molecule has 1 saturated carbocycles. The van der Waals surface area contributed by atoms with Crippen LogP contribution in [0.5, 0.6) is 5.75 Å². The molecule has 42 heavy (non-hydrogen) atoms. The summed E-state index contributed by atoms with van der Waals surface area (Å²) < 4.78 is 43.4. The molecule has 2 aliphatic rings. The molecule has 2 fully saturated rings. The van der Waals surface area contributed by atoms with Gasteiger partial charge in [-0.15, -0.1) is 13.2 Å². The number of carbonyl (C=O) groups excluding carboxylic acids is 1. The first-order chi connectivity index (χ1) is 20.2. The SMILES string of the molecule is Cc1cccc(C)c1N1C(=O)CS/C1=N\C1CC1c1ccc2c(ccc3c2ncn3-c2ccc(OC(F)(F)F)cc2)c1. The van der Waals surface area contributed by atoms with Crippen molar-refractivity contribution in [1.29, 1.82) is 0 Å². The molecule has 6 nitrogen and oxygen atoms in total. The number of amides is 1. The van der Waals surface area contributed by atoms with E-state index in [0.29, 0.717) is 11.4 Å². The van der Waals surface area contributed by atoms with E-state index >= 15 is 0 Å². The second-order valence-corrected chi connectivity index (χ2v) is 11.6. The van der Waals surface area contributed by atoms with Crippen molar-refractivity contribution in [1.82, 2.24) is 9.55 Å². The summed E-state index contributed by atoms with van der Waals surface area (Å²) in [5.41, 5.74) is 6.59. The zero-order valence-electron chi connectivity index (χ0n) is 22.7. The molecule has 0 bridgehead atoms. The number of aryl methyl sites for hydroxylation is 2. The van der Waals surface area contributed by atoms with E-state index in [9.17, 15) is 18.0 Å². The third-order valence-corrected chi connectivity index (χ3v) is 8.73. The van der Waals surface area contributed by atoms with Crippen molar-refractivity contribution in [2.75, 3.05) is 10.7 Å². The van der Waals surface area contributed by atoms with Crippen LogP contribution in [-0.2, 0) is 4.79 Å². The molecule has 0 spiro atoms. The summed E-state index contributed by atoms with van der Waals surface area (Å²) in [6.45, 7) is 4.04. The lowest BCUT2D eigenvalue weighted by atomic mass is 10.0. The average molecular weight is 587 g/mol. The van der Waals surface area contributed by atoms with Crippen LogP contribution in [0.1, 0.15) is 29.0 Å². The summed E-state index contributed by atoms with van der Waals surface area (Å²) in [4.78, 5) is 24.3. The van der Waals surface area contributed by atoms with Gasteiger partial charge in [0.2, 0.25) is 5.91 Å². The first-order valence-electron chi connectivity index (χ1n) is 13.5. The Hall–Kier alpha value is -4.31. The maximum atomic E-state index is 12.8. The molecule has 2 atom stereocenters. The van der Waals surface area contributed by atoms with Gasteiger partial charge in [0.15, 0.2) is 5.17 Å². The van der Waals surface area contributed by atoms with Crippen LogP contribution in [-0.4, -0.2) is 38.8 Å². The van der Waals surface area contributed by atoms with Crippen molar-refractivity contribution in [3.63, 3.8) is 0 Å². The van der Waals surface area contributed by atoms with Crippen LogP contribution in [0.4, 0.5) is 18.9 Å². The third-order valence-electron chi connectivity index (χ3n) is 7.79. The molecule has 1 aliphatic carbocycles. The molecule has 1 saturated heterocycles. The number of aliphatic imine (C=N–C) groups is 1. The minimum Gasteiger partial charge on any atom is -0.406 e. The van der Waals surface area contributed by atoms with Gasteiger partial charge in [-0.05, 0) is 72.7 Å². The fraction of sp³-hybridized carbons (Fsp3) is 0.219. The number of fused-ring (bicyclic) bond motifs is 3. The van der Waals surface area contributed by atoms with Gasteiger partial charge in [0.05, 0.1) is 28.5 Å². The first kappa shape index (κ1) is 26.6. The van der Waals surface area contributed by atoms with E-state index in [0.717, 1.165) is 50.2 Å². The van der Waals surface area contributed by atoms with E-state index in [1.807, 2.05) is 48.7 Å². The standard InChI is InChI=1S/C32H25F3N4O2S/c1-18-4-3-5-19(2)30(18)39-28(40)16-42-31(39)37-26-15-25(26)21-6-12-24-20(14-21)7-13-27-29(24)36-17-38(27)22-8-10-23(11-9-22)41-32(33,34)35/h3-14,17,25-26H,15-16H2,1-2H3/b37-31-. The zero-order chi connectivity index (χ0) is 29.2. The number of imidazole rings is 1. The van der Waals surface area contributed by atoms with Crippen LogP contribution >= 0.6 is 11.8 Å². The summed E-state index contributed by atoms with van der Waals surface area (Å²) in [5.74, 6) is 0.471. The van der Waals surface area contributed by atoms with Crippen molar-refractivity contribution in [3.05, 3.63) is 95.8 Å². The summed E-state index contributed by atoms with van der Waals surface area (Å²) in [5, 5.41) is 2.82. The predicted octanol–water partition coefficient (Wildman–Crippen LogP) is 7.69. The Balaban J connectivity index is 1.14. The number of rotatable bonds is 5. The summed E-state index contributed by atoms with van der Waals surface area (Å²) >= 11 is 1.50. The smallest absolute Gasteiger partial charge is 0.406 e.